The molecule has 3 heterocycles. The van der Waals surface area contributed by atoms with E-state index < -0.39 is 0 Å². The number of carbonyl (C=O) groups is 1. The molecule has 2 aliphatic rings. The fourth-order valence-corrected chi connectivity index (χ4v) is 3.68. The van der Waals surface area contributed by atoms with Crippen LogP contribution in [0.3, 0.4) is 0 Å². The average Bonchev–Trinajstić information content (AvgIpc) is 3.07. The lowest BCUT2D eigenvalue weighted by Gasteiger charge is -2.25. The highest BCUT2D eigenvalue weighted by atomic mass is 16.2. The summed E-state index contributed by atoms with van der Waals surface area (Å²) in [5.74, 6) is 1.07. The summed E-state index contributed by atoms with van der Waals surface area (Å²) in [7, 11) is 5.77. The highest BCUT2D eigenvalue weighted by molar-refractivity contribution is 5.78. The summed E-state index contributed by atoms with van der Waals surface area (Å²) in [6.07, 6.45) is 4.31. The minimum absolute atomic E-state index is 0.0161. The van der Waals surface area contributed by atoms with Crippen LogP contribution in [0.4, 0.5) is 5.95 Å². The van der Waals surface area contributed by atoms with Gasteiger partial charge in [-0.15, -0.1) is 0 Å². The summed E-state index contributed by atoms with van der Waals surface area (Å²) in [5, 5.41) is 0. The monoisotopic (exact) mass is 346 g/mol. The molecule has 0 unspecified atom stereocenters. The van der Waals surface area contributed by atoms with Crippen LogP contribution in [0.15, 0.2) is 12.3 Å². The predicted molar refractivity (Wildman–Crippen MR) is 98.4 cm³/mol. The lowest BCUT2D eigenvalue weighted by molar-refractivity contribution is -0.133. The summed E-state index contributed by atoms with van der Waals surface area (Å²) < 4.78 is 0. The first-order chi connectivity index (χ1) is 12.0. The maximum atomic E-state index is 12.5. The van der Waals surface area contributed by atoms with Crippen molar-refractivity contribution < 1.29 is 4.79 Å². The van der Waals surface area contributed by atoms with E-state index in [4.69, 9.17) is 4.98 Å². The van der Waals surface area contributed by atoms with Gasteiger partial charge in [0.05, 0.1) is 11.6 Å². The number of likely N-dealkylation sites (N-methyl/N-ethyl adjacent to an activating group) is 1. The molecule has 7 heteroatoms. The molecule has 0 spiro atoms. The molecule has 1 aromatic heterocycles. The minimum Gasteiger partial charge on any atom is -0.348 e. The Bertz CT molecular complexity index is 587. The summed E-state index contributed by atoms with van der Waals surface area (Å²) in [4.78, 5) is 30.2. The van der Waals surface area contributed by atoms with E-state index in [2.05, 4.69) is 26.7 Å². The van der Waals surface area contributed by atoms with Gasteiger partial charge in [-0.25, -0.2) is 9.97 Å². The van der Waals surface area contributed by atoms with E-state index in [1.54, 1.807) is 4.90 Å². The van der Waals surface area contributed by atoms with Crippen LogP contribution in [0.1, 0.15) is 18.5 Å². The van der Waals surface area contributed by atoms with Crippen LogP contribution in [0.25, 0.3) is 0 Å². The maximum Gasteiger partial charge on any atom is 0.227 e. The summed E-state index contributed by atoms with van der Waals surface area (Å²) in [6.45, 7) is 6.40. The number of hydrogen-bond donors (Lipinski definition) is 0. The number of carbonyl (C=O) groups excluding carboxylic acids is 1. The molecule has 0 aliphatic carbocycles. The maximum absolute atomic E-state index is 12.5. The lowest BCUT2D eigenvalue weighted by atomic mass is 10.1. The van der Waals surface area contributed by atoms with E-state index in [1.807, 2.05) is 26.4 Å². The van der Waals surface area contributed by atoms with Crippen molar-refractivity contribution in [2.24, 2.45) is 5.92 Å². The normalized spacial score (nSPS) is 22.8. The molecule has 0 radical (unpaired) electrons. The van der Waals surface area contributed by atoms with Crippen molar-refractivity contribution >= 4 is 11.9 Å². The Morgan fingerprint density at radius 1 is 1.20 bits per heavy atom. The van der Waals surface area contributed by atoms with Crippen molar-refractivity contribution in [3.63, 3.8) is 0 Å². The van der Waals surface area contributed by atoms with Crippen molar-refractivity contribution in [3.05, 3.63) is 18.0 Å². The Hall–Kier alpha value is -1.73. The molecule has 1 atom stereocenters. The molecular weight excluding hydrogens is 316 g/mol. The molecule has 1 amide bonds. The van der Waals surface area contributed by atoms with Gasteiger partial charge in [-0.1, -0.05) is 0 Å². The van der Waals surface area contributed by atoms with Crippen LogP contribution >= 0.6 is 0 Å². The molecule has 0 aromatic carbocycles. The molecule has 0 N–H and O–H groups in total. The van der Waals surface area contributed by atoms with Crippen molar-refractivity contribution in [3.8, 4) is 0 Å². The molecule has 0 saturated carbocycles. The number of amides is 1. The third-order valence-corrected chi connectivity index (χ3v) is 5.07. The Morgan fingerprint density at radius 2 is 1.96 bits per heavy atom. The summed E-state index contributed by atoms with van der Waals surface area (Å²) in [6, 6.07) is 2.00. The van der Waals surface area contributed by atoms with E-state index in [0.29, 0.717) is 0 Å². The number of nitrogens with zero attached hydrogens (tertiary/aromatic N) is 6. The number of aromatic nitrogens is 2. The van der Waals surface area contributed by atoms with Gasteiger partial charge in [-0.3, -0.25) is 9.69 Å². The molecule has 7 nitrogen and oxygen atoms in total. The summed E-state index contributed by atoms with van der Waals surface area (Å²) >= 11 is 0. The zero-order valence-corrected chi connectivity index (χ0v) is 15.7. The molecule has 2 aliphatic heterocycles. The fourth-order valence-electron chi connectivity index (χ4n) is 3.68. The largest absolute Gasteiger partial charge is 0.348 e. The molecule has 138 valence electrons. The Morgan fingerprint density at radius 3 is 2.68 bits per heavy atom. The van der Waals surface area contributed by atoms with Gasteiger partial charge < -0.3 is 14.7 Å². The Balaban J connectivity index is 1.68. The van der Waals surface area contributed by atoms with Crippen molar-refractivity contribution in [1.29, 1.82) is 0 Å². The topological polar surface area (TPSA) is 55.8 Å². The first-order valence-corrected chi connectivity index (χ1v) is 9.22. The van der Waals surface area contributed by atoms with Crippen LogP contribution in [0.5, 0.6) is 0 Å². The van der Waals surface area contributed by atoms with E-state index >= 15 is 0 Å². The third kappa shape index (κ3) is 4.67. The van der Waals surface area contributed by atoms with E-state index in [0.717, 1.165) is 57.5 Å². The Labute approximate surface area is 150 Å². The van der Waals surface area contributed by atoms with Gasteiger partial charge in [0.2, 0.25) is 11.9 Å². The standard InChI is InChI=1S/C18H30N6O/c1-21(2)17(25)15-12-22(3)10-11-23(13-15)14-16-6-7-19-18(20-16)24-8-4-5-9-24/h6-7,15H,4-5,8-14H2,1-3H3/t15-/m0/s1. The van der Waals surface area contributed by atoms with Crippen LogP contribution in [0.2, 0.25) is 0 Å². The summed E-state index contributed by atoms with van der Waals surface area (Å²) in [5.41, 5.74) is 1.04. The van der Waals surface area contributed by atoms with Gasteiger partial charge in [0.1, 0.15) is 0 Å². The van der Waals surface area contributed by atoms with E-state index in [-0.39, 0.29) is 11.8 Å². The zero-order valence-electron chi connectivity index (χ0n) is 15.7. The molecule has 1 aromatic rings. The highest BCUT2D eigenvalue weighted by Gasteiger charge is 2.28. The van der Waals surface area contributed by atoms with Crippen LogP contribution < -0.4 is 4.90 Å². The smallest absolute Gasteiger partial charge is 0.227 e. The second kappa shape index (κ2) is 8.10. The molecule has 3 rings (SSSR count). The minimum atomic E-state index is 0.0161. The average molecular weight is 346 g/mol. The third-order valence-electron chi connectivity index (χ3n) is 5.07. The number of anilines is 1. The molecule has 2 saturated heterocycles. The van der Waals surface area contributed by atoms with Gasteiger partial charge in [0, 0.05) is 66.1 Å². The Kier molecular flexibility index (Phi) is 5.86. The second-order valence-corrected chi connectivity index (χ2v) is 7.47. The SMILES string of the molecule is CN1CCN(Cc2ccnc(N3CCCC3)n2)C[C@@H](C(=O)N(C)C)C1. The molecule has 2 fully saturated rings. The molecular formula is C18H30N6O. The van der Waals surface area contributed by atoms with Gasteiger partial charge in [-0.05, 0) is 26.0 Å². The van der Waals surface area contributed by atoms with E-state index in [9.17, 15) is 4.79 Å². The van der Waals surface area contributed by atoms with Gasteiger partial charge in [-0.2, -0.15) is 0 Å². The van der Waals surface area contributed by atoms with Crippen LogP contribution in [0, 0.1) is 5.92 Å². The van der Waals surface area contributed by atoms with E-state index in [1.165, 1.54) is 12.8 Å². The van der Waals surface area contributed by atoms with Gasteiger partial charge in [0.25, 0.3) is 0 Å². The zero-order chi connectivity index (χ0) is 17.8. The molecule has 25 heavy (non-hydrogen) atoms. The quantitative estimate of drug-likeness (QED) is 0.793. The lowest BCUT2D eigenvalue weighted by Crippen LogP contribution is -2.40. The first kappa shape index (κ1) is 18.1. The van der Waals surface area contributed by atoms with Crippen LogP contribution in [-0.2, 0) is 11.3 Å². The van der Waals surface area contributed by atoms with Crippen molar-refractivity contribution in [1.82, 2.24) is 24.7 Å². The van der Waals surface area contributed by atoms with Gasteiger partial charge in [0.15, 0.2) is 0 Å². The number of hydrogen-bond acceptors (Lipinski definition) is 6. The second-order valence-electron chi connectivity index (χ2n) is 7.47. The predicted octanol–water partition coefficient (Wildman–Crippen LogP) is 0.529. The highest BCUT2D eigenvalue weighted by Crippen LogP contribution is 2.17. The van der Waals surface area contributed by atoms with Crippen LogP contribution in [-0.4, -0.2) is 91.0 Å². The van der Waals surface area contributed by atoms with Gasteiger partial charge >= 0.3 is 0 Å². The first-order valence-electron chi connectivity index (χ1n) is 9.22. The van der Waals surface area contributed by atoms with Crippen molar-refractivity contribution in [2.45, 2.75) is 19.4 Å². The number of rotatable bonds is 4. The fraction of sp³-hybridized carbons (Fsp3) is 0.722. The van der Waals surface area contributed by atoms with Crippen molar-refractivity contribution in [2.75, 3.05) is 65.3 Å². The molecule has 0 bridgehead atoms.